The molecule has 2 fully saturated rings. The predicted molar refractivity (Wildman–Crippen MR) is 291 cm³/mol. The summed E-state index contributed by atoms with van der Waals surface area (Å²) < 4.78 is 47.1. The van der Waals surface area contributed by atoms with Crippen molar-refractivity contribution >= 4 is 58.7 Å². The molecule has 1 aromatic heterocycles. The first-order chi connectivity index (χ1) is 38.6. The molecule has 0 spiro atoms. The van der Waals surface area contributed by atoms with Crippen LogP contribution in [0.5, 0.6) is 23.0 Å². The van der Waals surface area contributed by atoms with Gasteiger partial charge in [-0.3, -0.25) is 24.5 Å². The van der Waals surface area contributed by atoms with Gasteiger partial charge in [-0.25, -0.2) is 24.2 Å². The lowest BCUT2D eigenvalue weighted by Gasteiger charge is -2.33. The second-order valence-corrected chi connectivity index (χ2v) is 21.1. The smallest absolute Gasteiger partial charge is 0.417 e. The fourth-order valence-electron chi connectivity index (χ4n) is 10.4. The van der Waals surface area contributed by atoms with Gasteiger partial charge in [0.05, 0.1) is 80.4 Å². The van der Waals surface area contributed by atoms with Gasteiger partial charge in [0.1, 0.15) is 24.5 Å². The zero-order chi connectivity index (χ0) is 58.2. The second kappa shape index (κ2) is 23.1. The molecular weight excluding hydrogens is 1050 g/mol. The highest BCUT2D eigenvalue weighted by Gasteiger charge is 2.48. The molecule has 5 heterocycles. The number of aliphatic hydroxyl groups excluding tert-OH is 2. The van der Waals surface area contributed by atoms with E-state index in [0.717, 1.165) is 21.4 Å². The summed E-state index contributed by atoms with van der Waals surface area (Å²) >= 11 is 0. The molecule has 5 amide bonds. The Bertz CT molecular complexity index is 3270. The molecule has 4 aromatic rings. The maximum absolute atomic E-state index is 14.2. The summed E-state index contributed by atoms with van der Waals surface area (Å²) in [5.41, 5.74) is 2.42. The number of amides is 5. The standard InChI is InChI=1S/C58H64N6O17/c1-31-19-41-53(69)63(56(72)80-29-33-13-15-34(16-14-33)59-55(71)79-30-35-21-38-49(60(35)6)43(65)26-48(76-9)50(38)66)39-24-46(44(74-7)22-36(39)51(67)61(41)27-31)77-17-11-10-12-18-78-47-25-40-37(23-45(47)75-8)52(68)62-28-32(2)20-42(62)54(70)64(40)57(73)81-58(3,4)5/h13-16,21-26,41-42,53-54,69-70H,1-2,10-12,17-20,27-30H2,3-9H3,(H,59,71)/t41-,42-,53?,54?/m0/s1. The minimum Gasteiger partial charge on any atom is -0.493 e. The third-order valence-corrected chi connectivity index (χ3v) is 14.4. The molecule has 4 atom stereocenters. The van der Waals surface area contributed by atoms with Crippen LogP contribution >= 0.6 is 0 Å². The number of rotatable bonds is 16. The van der Waals surface area contributed by atoms with Gasteiger partial charge in [0.2, 0.25) is 11.6 Å². The summed E-state index contributed by atoms with van der Waals surface area (Å²) in [5.74, 6) is -0.944. The van der Waals surface area contributed by atoms with E-state index in [1.165, 1.54) is 66.0 Å². The van der Waals surface area contributed by atoms with Crippen molar-refractivity contribution < 1.29 is 81.7 Å². The topological polar surface area (TPSA) is 264 Å². The van der Waals surface area contributed by atoms with E-state index >= 15 is 0 Å². The van der Waals surface area contributed by atoms with Crippen LogP contribution in [0.15, 0.2) is 90.7 Å². The molecule has 428 valence electrons. The quantitative estimate of drug-likeness (QED) is 0.0560. The Morgan fingerprint density at radius 1 is 0.667 bits per heavy atom. The summed E-state index contributed by atoms with van der Waals surface area (Å²) in [6.45, 7) is 13.4. The lowest BCUT2D eigenvalue weighted by atomic mass is 10.0. The summed E-state index contributed by atoms with van der Waals surface area (Å²) in [4.78, 5) is 99.2. The van der Waals surface area contributed by atoms with Crippen LogP contribution in [0.4, 0.5) is 31.4 Å². The maximum Gasteiger partial charge on any atom is 0.417 e. The van der Waals surface area contributed by atoms with Crippen molar-refractivity contribution in [3.8, 4) is 23.0 Å². The number of nitrogens with one attached hydrogen (secondary N) is 1. The highest BCUT2D eigenvalue weighted by Crippen LogP contribution is 2.44. The molecule has 5 aliphatic rings. The van der Waals surface area contributed by atoms with Gasteiger partial charge in [-0.1, -0.05) is 36.4 Å². The maximum atomic E-state index is 14.2. The Balaban J connectivity index is 0.827. The molecule has 0 radical (unpaired) electrons. The SMILES string of the molecule is C=C1C[C@H]2C(O)N(C(=O)OCc3ccc(NC(=O)OCc4cc5c(n4C)C(=O)C=C(OC)C5=O)cc3)c3cc(OCCCCCOc4cc5c(cc4OC)C(=O)N4CC(=C)C[C@H]4C(O)N5C(=O)OC(C)(C)C)c(OC)cc3C(=O)N2C1. The largest absolute Gasteiger partial charge is 0.493 e. The van der Waals surface area contributed by atoms with Crippen LogP contribution in [0, 0.1) is 0 Å². The molecular formula is C58H64N6O17. The molecule has 0 bridgehead atoms. The number of Topliss-reactive ketones (excluding diaryl/α,β-unsaturated/α-hetero) is 1. The minimum atomic E-state index is -1.55. The van der Waals surface area contributed by atoms with E-state index < -0.39 is 71.8 Å². The van der Waals surface area contributed by atoms with Crippen molar-refractivity contribution in [2.75, 3.05) is 62.7 Å². The van der Waals surface area contributed by atoms with E-state index in [1.54, 1.807) is 52.1 Å². The van der Waals surface area contributed by atoms with Crippen molar-refractivity contribution in [1.82, 2.24) is 14.4 Å². The number of ketones is 2. The number of benzene rings is 3. The van der Waals surface area contributed by atoms with Crippen LogP contribution in [0.2, 0.25) is 0 Å². The number of anilines is 3. The van der Waals surface area contributed by atoms with Crippen LogP contribution in [0.1, 0.15) is 106 Å². The summed E-state index contributed by atoms with van der Waals surface area (Å²) in [7, 11) is 5.73. The van der Waals surface area contributed by atoms with E-state index in [9.17, 15) is 43.8 Å². The Morgan fingerprint density at radius 2 is 1.20 bits per heavy atom. The predicted octanol–water partition coefficient (Wildman–Crippen LogP) is 7.42. The van der Waals surface area contributed by atoms with Crippen LogP contribution in [-0.4, -0.2) is 144 Å². The Kier molecular flexibility index (Phi) is 16.2. The molecule has 1 aliphatic carbocycles. The van der Waals surface area contributed by atoms with E-state index in [0.29, 0.717) is 48.2 Å². The highest BCUT2D eigenvalue weighted by atomic mass is 16.6. The normalized spacial score (nSPS) is 19.3. The number of hydrogen-bond donors (Lipinski definition) is 3. The number of nitrogens with zero attached hydrogens (tertiary/aromatic N) is 5. The summed E-state index contributed by atoms with van der Waals surface area (Å²) in [5, 5.41) is 26.2. The zero-order valence-electron chi connectivity index (χ0n) is 46.0. The van der Waals surface area contributed by atoms with Gasteiger partial charge in [0.15, 0.2) is 41.2 Å². The van der Waals surface area contributed by atoms with E-state index in [-0.39, 0.29) is 108 Å². The molecule has 23 heteroatoms. The number of aromatic nitrogens is 1. The fraction of sp³-hybridized carbons (Fsp3) is 0.397. The van der Waals surface area contributed by atoms with Gasteiger partial charge in [-0.05, 0) is 88.8 Å². The molecule has 2 unspecified atom stereocenters. The third-order valence-electron chi connectivity index (χ3n) is 14.4. The number of fused-ring (bicyclic) bond motifs is 5. The monoisotopic (exact) mass is 1120 g/mol. The first kappa shape index (κ1) is 56.9. The summed E-state index contributed by atoms with van der Waals surface area (Å²) in [6, 6.07) is 12.1. The van der Waals surface area contributed by atoms with Crippen LogP contribution in [-0.2, 0) is 39.2 Å². The number of methoxy groups -OCH3 is 3. The Labute approximate surface area is 466 Å². The van der Waals surface area contributed by atoms with Crippen molar-refractivity contribution in [3.05, 3.63) is 124 Å². The van der Waals surface area contributed by atoms with Gasteiger partial charge in [-0.2, -0.15) is 0 Å². The average molecular weight is 1120 g/mol. The van der Waals surface area contributed by atoms with Gasteiger partial charge in [0, 0.05) is 44.0 Å². The Hall–Kier alpha value is -8.83. The van der Waals surface area contributed by atoms with E-state index in [4.69, 9.17) is 37.9 Å². The molecule has 81 heavy (non-hydrogen) atoms. The number of hydrogen-bond acceptors (Lipinski definition) is 17. The average Bonchev–Trinajstić information content (AvgIpc) is 4.30. The number of ether oxygens (including phenoxy) is 8. The van der Waals surface area contributed by atoms with Crippen molar-refractivity contribution in [2.45, 2.75) is 96.2 Å². The molecule has 3 N–H and O–H groups in total. The second-order valence-electron chi connectivity index (χ2n) is 21.1. The highest BCUT2D eigenvalue weighted by molar-refractivity contribution is 6.23. The molecule has 2 saturated heterocycles. The van der Waals surface area contributed by atoms with E-state index in [2.05, 4.69) is 18.5 Å². The molecule has 9 rings (SSSR count). The van der Waals surface area contributed by atoms with E-state index in [1.807, 2.05) is 0 Å². The third kappa shape index (κ3) is 11.5. The van der Waals surface area contributed by atoms with Crippen LogP contribution in [0.3, 0.4) is 0 Å². The summed E-state index contributed by atoms with van der Waals surface area (Å²) in [6.07, 6.45) is -2.33. The van der Waals surface area contributed by atoms with Crippen molar-refractivity contribution in [2.24, 2.45) is 7.05 Å². The molecule has 4 aliphatic heterocycles. The zero-order valence-corrected chi connectivity index (χ0v) is 46.0. The fourth-order valence-corrected chi connectivity index (χ4v) is 10.4. The number of carbonyl (C=O) groups is 7. The van der Waals surface area contributed by atoms with Gasteiger partial charge >= 0.3 is 18.3 Å². The number of aliphatic hydroxyl groups is 2. The molecule has 0 saturated carbocycles. The number of allylic oxidation sites excluding steroid dienone is 2. The van der Waals surface area contributed by atoms with Gasteiger partial charge < -0.3 is 62.5 Å². The lowest BCUT2D eigenvalue weighted by Crippen LogP contribution is -2.51. The Morgan fingerprint density at radius 3 is 1.70 bits per heavy atom. The number of carbonyl (C=O) groups excluding carboxylic acids is 7. The molecule has 23 nitrogen and oxygen atoms in total. The first-order valence-electron chi connectivity index (χ1n) is 26.2. The van der Waals surface area contributed by atoms with Crippen molar-refractivity contribution in [1.29, 1.82) is 0 Å². The number of unbranched alkanes of at least 4 members (excludes halogenated alkanes) is 2. The van der Waals surface area contributed by atoms with Crippen LogP contribution < -0.4 is 34.1 Å². The molecule has 3 aromatic carbocycles. The van der Waals surface area contributed by atoms with Gasteiger partial charge in [0.25, 0.3) is 11.8 Å². The van der Waals surface area contributed by atoms with Crippen LogP contribution in [0.25, 0.3) is 0 Å². The van der Waals surface area contributed by atoms with Crippen molar-refractivity contribution in [3.63, 3.8) is 0 Å². The lowest BCUT2D eigenvalue weighted by molar-refractivity contribution is 0.0310. The first-order valence-corrected chi connectivity index (χ1v) is 26.2. The van der Waals surface area contributed by atoms with Gasteiger partial charge in [-0.15, -0.1) is 0 Å². The minimum absolute atomic E-state index is 0.0323.